The largest absolute Gasteiger partial charge is 0.356 e. The molecule has 0 unspecified atom stereocenters. The van der Waals surface area contributed by atoms with Crippen LogP contribution >= 0.6 is 0 Å². The molecule has 2 nitrogen and oxygen atoms in total. The Morgan fingerprint density at radius 2 is 1.14 bits per heavy atom. The van der Waals surface area contributed by atoms with Crippen molar-refractivity contribution in [3.05, 3.63) is 0 Å². The Morgan fingerprint density at radius 1 is 0.786 bits per heavy atom. The maximum atomic E-state index is 3.58. The van der Waals surface area contributed by atoms with E-state index in [2.05, 4.69) is 24.3 Å². The molecule has 0 aliphatic carbocycles. The van der Waals surface area contributed by atoms with Crippen molar-refractivity contribution < 1.29 is 0 Å². The van der Waals surface area contributed by atoms with Gasteiger partial charge in [0.1, 0.15) is 0 Å². The van der Waals surface area contributed by atoms with Crippen LogP contribution in [0.5, 0.6) is 0 Å². The summed E-state index contributed by atoms with van der Waals surface area (Å²) in [6, 6.07) is 0. The summed E-state index contributed by atoms with van der Waals surface area (Å²) in [6.45, 7) is 8.26. The average Bonchev–Trinajstić information content (AvgIpc) is 2.13. The Hall–Kier alpha value is 0.0499. The van der Waals surface area contributed by atoms with Gasteiger partial charge in [0.05, 0.1) is 0 Å². The predicted octanol–water partition coefficient (Wildman–Crippen LogP) is 1.98. The molecule has 0 radical (unpaired) electrons. The predicted molar refractivity (Wildman–Crippen MR) is 67.3 cm³/mol. The van der Waals surface area contributed by atoms with E-state index in [9.17, 15) is 0 Å². The maximum absolute atomic E-state index is 3.58. The van der Waals surface area contributed by atoms with E-state index in [0.29, 0.717) is 0 Å². The summed E-state index contributed by atoms with van der Waals surface area (Å²) in [4.78, 5) is 0. The van der Waals surface area contributed by atoms with Gasteiger partial charge in [-0.2, -0.15) is 0 Å². The van der Waals surface area contributed by atoms with Gasteiger partial charge in [-0.1, -0.05) is 52.0 Å². The Bertz CT molecular complexity index is 120. The highest BCUT2D eigenvalue weighted by Gasteiger charge is 2.20. The first-order chi connectivity index (χ1) is 6.86. The molecule has 1 heterocycles. The Labute approximate surface area is 89.8 Å². The zero-order valence-corrected chi connectivity index (χ0v) is 9.81. The molecular formula is C10H24B2N2. The monoisotopic (exact) mass is 194 g/mol. The fraction of sp³-hybridized carbons (Fsp3) is 1.00. The summed E-state index contributed by atoms with van der Waals surface area (Å²) in [5.41, 5.74) is 0. The standard InChI is InChI=1S/C10H24B2N2/c1-3-13-11-7-5-9-12(14-4-2)10-6-8-11/h13-14H,3-10H2,1-2H3. The summed E-state index contributed by atoms with van der Waals surface area (Å²) in [5, 5.41) is 7.16. The number of hydrogen-bond donors (Lipinski definition) is 2. The molecule has 0 aromatic rings. The van der Waals surface area contributed by atoms with Crippen molar-refractivity contribution in [2.75, 3.05) is 13.1 Å². The highest BCUT2D eigenvalue weighted by atomic mass is 14.8. The van der Waals surface area contributed by atoms with Gasteiger partial charge in [-0.15, -0.1) is 0 Å². The Balaban J connectivity index is 2.20. The van der Waals surface area contributed by atoms with E-state index in [4.69, 9.17) is 0 Å². The van der Waals surface area contributed by atoms with E-state index in [0.717, 1.165) is 26.8 Å². The molecule has 14 heavy (non-hydrogen) atoms. The first kappa shape index (κ1) is 12.1. The maximum Gasteiger partial charge on any atom is 0.220 e. The topological polar surface area (TPSA) is 24.1 Å². The van der Waals surface area contributed by atoms with E-state index < -0.39 is 0 Å². The van der Waals surface area contributed by atoms with Gasteiger partial charge in [0.2, 0.25) is 13.7 Å². The van der Waals surface area contributed by atoms with Crippen molar-refractivity contribution in [1.82, 2.24) is 10.5 Å². The van der Waals surface area contributed by atoms with Gasteiger partial charge >= 0.3 is 0 Å². The summed E-state index contributed by atoms with van der Waals surface area (Å²) in [5.74, 6) is 0. The summed E-state index contributed by atoms with van der Waals surface area (Å²) < 4.78 is 0. The van der Waals surface area contributed by atoms with Crippen LogP contribution in [-0.4, -0.2) is 26.8 Å². The van der Waals surface area contributed by atoms with Crippen molar-refractivity contribution in [2.24, 2.45) is 0 Å². The minimum Gasteiger partial charge on any atom is -0.356 e. The van der Waals surface area contributed by atoms with Crippen LogP contribution in [-0.2, 0) is 0 Å². The Kier molecular flexibility index (Phi) is 6.37. The second-order valence-electron chi connectivity index (χ2n) is 4.37. The average molecular weight is 194 g/mol. The minimum absolute atomic E-state index is 0.794. The first-order valence-corrected chi connectivity index (χ1v) is 6.33. The molecule has 0 aromatic heterocycles. The van der Waals surface area contributed by atoms with E-state index >= 15 is 0 Å². The van der Waals surface area contributed by atoms with Crippen molar-refractivity contribution in [3.8, 4) is 0 Å². The molecule has 1 aliphatic rings. The van der Waals surface area contributed by atoms with Gasteiger partial charge < -0.3 is 10.5 Å². The van der Waals surface area contributed by atoms with Crippen LogP contribution in [0.15, 0.2) is 0 Å². The molecule has 0 amide bonds. The third-order valence-electron chi connectivity index (χ3n) is 3.20. The number of hydrogen-bond acceptors (Lipinski definition) is 2. The lowest BCUT2D eigenvalue weighted by atomic mass is 9.45. The molecule has 1 saturated heterocycles. The molecular weight excluding hydrogens is 170 g/mol. The minimum atomic E-state index is 0.794. The van der Waals surface area contributed by atoms with E-state index in [1.165, 1.54) is 38.1 Å². The van der Waals surface area contributed by atoms with Crippen LogP contribution in [0.25, 0.3) is 0 Å². The molecule has 1 aliphatic heterocycles. The first-order valence-electron chi connectivity index (χ1n) is 6.33. The lowest BCUT2D eigenvalue weighted by Gasteiger charge is -2.21. The molecule has 0 spiro atoms. The van der Waals surface area contributed by atoms with Crippen LogP contribution in [0.2, 0.25) is 25.3 Å². The Morgan fingerprint density at radius 3 is 1.43 bits per heavy atom. The van der Waals surface area contributed by atoms with Crippen LogP contribution in [0, 0.1) is 0 Å². The van der Waals surface area contributed by atoms with Crippen molar-refractivity contribution >= 4 is 13.7 Å². The molecule has 80 valence electrons. The quantitative estimate of drug-likeness (QED) is 0.668. The van der Waals surface area contributed by atoms with Crippen molar-refractivity contribution in [2.45, 2.75) is 52.0 Å². The zero-order valence-electron chi connectivity index (χ0n) is 9.81. The molecule has 0 saturated carbocycles. The molecule has 2 N–H and O–H groups in total. The molecule has 0 atom stereocenters. The summed E-state index contributed by atoms with van der Waals surface area (Å²) in [7, 11) is 0. The van der Waals surface area contributed by atoms with Gasteiger partial charge in [-0.3, -0.25) is 0 Å². The summed E-state index contributed by atoms with van der Waals surface area (Å²) >= 11 is 0. The van der Waals surface area contributed by atoms with Crippen LogP contribution in [0.4, 0.5) is 0 Å². The van der Waals surface area contributed by atoms with Gasteiger partial charge in [0.25, 0.3) is 0 Å². The van der Waals surface area contributed by atoms with Crippen molar-refractivity contribution in [3.63, 3.8) is 0 Å². The van der Waals surface area contributed by atoms with E-state index in [1.54, 1.807) is 0 Å². The smallest absolute Gasteiger partial charge is 0.220 e. The van der Waals surface area contributed by atoms with Crippen LogP contribution < -0.4 is 10.5 Å². The van der Waals surface area contributed by atoms with Gasteiger partial charge in [0.15, 0.2) is 0 Å². The fourth-order valence-corrected chi connectivity index (χ4v) is 2.50. The van der Waals surface area contributed by atoms with Crippen LogP contribution in [0.1, 0.15) is 26.7 Å². The molecule has 0 aromatic carbocycles. The molecule has 1 rings (SSSR count). The third kappa shape index (κ3) is 4.52. The van der Waals surface area contributed by atoms with E-state index in [-0.39, 0.29) is 0 Å². The molecule has 4 heteroatoms. The highest BCUT2D eigenvalue weighted by Crippen LogP contribution is 2.16. The van der Waals surface area contributed by atoms with Gasteiger partial charge in [-0.25, -0.2) is 0 Å². The molecule has 0 bridgehead atoms. The number of nitrogens with one attached hydrogen (secondary N) is 2. The van der Waals surface area contributed by atoms with Gasteiger partial charge in [0, 0.05) is 0 Å². The summed E-state index contributed by atoms with van der Waals surface area (Å²) in [6.07, 6.45) is 8.25. The van der Waals surface area contributed by atoms with E-state index in [1.807, 2.05) is 0 Å². The third-order valence-corrected chi connectivity index (χ3v) is 3.20. The van der Waals surface area contributed by atoms with Gasteiger partial charge in [-0.05, 0) is 13.1 Å². The van der Waals surface area contributed by atoms with Crippen molar-refractivity contribution in [1.29, 1.82) is 0 Å². The highest BCUT2D eigenvalue weighted by molar-refractivity contribution is 6.59. The van der Waals surface area contributed by atoms with Crippen LogP contribution in [0.3, 0.4) is 0 Å². The second-order valence-corrected chi connectivity index (χ2v) is 4.37. The lowest BCUT2D eigenvalue weighted by Crippen LogP contribution is -2.38. The lowest BCUT2D eigenvalue weighted by molar-refractivity contribution is 0.847. The second kappa shape index (κ2) is 7.36. The fourth-order valence-electron chi connectivity index (χ4n) is 2.50. The number of rotatable bonds is 4. The SMILES string of the molecule is CCNB1CCCB(NCC)CCC1. The zero-order chi connectivity index (χ0) is 10.2. The molecule has 1 fully saturated rings. The normalized spacial score (nSPS) is 19.3.